The molecule has 1 aromatic rings. The normalized spacial score (nSPS) is 19.4. The van der Waals surface area contributed by atoms with Crippen LogP contribution in [0.15, 0.2) is 23.2 Å². The summed E-state index contributed by atoms with van der Waals surface area (Å²) in [4.78, 5) is 13.4. The summed E-state index contributed by atoms with van der Waals surface area (Å²) in [5, 5.41) is 3.46. The number of rotatable bonds is 5. The fraction of sp³-hybridized carbons (Fsp3) is 0.667. The molecule has 1 aromatic carbocycles. The van der Waals surface area contributed by atoms with Crippen molar-refractivity contribution in [3.63, 3.8) is 0 Å². The third-order valence-corrected chi connectivity index (χ3v) is 5.79. The minimum atomic E-state index is -0.405. The number of hydrogen-bond donors (Lipinski definition) is 1. The van der Waals surface area contributed by atoms with Crippen LogP contribution in [0.2, 0.25) is 0 Å². The predicted octanol–water partition coefficient (Wildman–Crippen LogP) is 2.31. The van der Waals surface area contributed by atoms with Crippen molar-refractivity contribution in [1.29, 1.82) is 0 Å². The van der Waals surface area contributed by atoms with E-state index in [2.05, 4.69) is 32.1 Å². The minimum Gasteiger partial charge on any atom is -0.366 e. The Morgan fingerprint density at radius 3 is 2.53 bits per heavy atom. The molecule has 9 heteroatoms. The average molecular weight is 536 g/mol. The molecular formula is C21H35F2IN6. The molecular weight excluding hydrogens is 501 g/mol. The summed E-state index contributed by atoms with van der Waals surface area (Å²) in [6.07, 6.45) is 2.32. The number of guanidine groups is 1. The van der Waals surface area contributed by atoms with E-state index in [4.69, 9.17) is 0 Å². The smallest absolute Gasteiger partial charge is 0.193 e. The molecule has 170 valence electrons. The van der Waals surface area contributed by atoms with Crippen LogP contribution in [0, 0.1) is 11.6 Å². The zero-order chi connectivity index (χ0) is 20.6. The summed E-state index contributed by atoms with van der Waals surface area (Å²) >= 11 is 0. The number of halogens is 3. The summed E-state index contributed by atoms with van der Waals surface area (Å²) in [6.45, 7) is 9.38. The van der Waals surface area contributed by atoms with Crippen LogP contribution in [0.5, 0.6) is 0 Å². The molecule has 0 saturated carbocycles. The molecule has 0 atom stereocenters. The highest BCUT2D eigenvalue weighted by atomic mass is 127. The highest BCUT2D eigenvalue weighted by Gasteiger charge is 2.22. The van der Waals surface area contributed by atoms with E-state index < -0.39 is 5.82 Å². The van der Waals surface area contributed by atoms with Crippen LogP contribution in [-0.2, 0) is 0 Å². The van der Waals surface area contributed by atoms with E-state index >= 15 is 0 Å². The lowest BCUT2D eigenvalue weighted by molar-refractivity contribution is 0.273. The van der Waals surface area contributed by atoms with E-state index in [-0.39, 0.29) is 29.8 Å². The van der Waals surface area contributed by atoms with Gasteiger partial charge in [-0.1, -0.05) is 0 Å². The van der Waals surface area contributed by atoms with Crippen LogP contribution in [0.4, 0.5) is 14.5 Å². The van der Waals surface area contributed by atoms with Gasteiger partial charge in [-0.15, -0.1) is 24.0 Å². The van der Waals surface area contributed by atoms with Crippen molar-refractivity contribution in [2.24, 2.45) is 4.99 Å². The Bertz CT molecular complexity index is 681. The average Bonchev–Trinajstić information content (AvgIpc) is 2.94. The third kappa shape index (κ3) is 7.19. The SMILES string of the molecule is CN=C(NCCCN1CCCN(C)CC1)N1CCN(c2cc(F)ccc2F)CC1.I. The lowest BCUT2D eigenvalue weighted by Gasteiger charge is -2.37. The van der Waals surface area contributed by atoms with Gasteiger partial charge in [-0.05, 0) is 51.7 Å². The number of nitrogens with zero attached hydrogens (tertiary/aromatic N) is 5. The predicted molar refractivity (Wildman–Crippen MR) is 130 cm³/mol. The molecule has 0 radical (unpaired) electrons. The van der Waals surface area contributed by atoms with Gasteiger partial charge in [0.05, 0.1) is 5.69 Å². The summed E-state index contributed by atoms with van der Waals surface area (Å²) in [7, 11) is 3.99. The van der Waals surface area contributed by atoms with Gasteiger partial charge in [-0.2, -0.15) is 0 Å². The van der Waals surface area contributed by atoms with Gasteiger partial charge >= 0.3 is 0 Å². The fourth-order valence-corrected chi connectivity index (χ4v) is 4.05. The molecule has 3 rings (SSSR count). The van der Waals surface area contributed by atoms with Crippen molar-refractivity contribution in [2.45, 2.75) is 12.8 Å². The second kappa shape index (κ2) is 12.6. The van der Waals surface area contributed by atoms with Gasteiger partial charge in [0.2, 0.25) is 0 Å². The van der Waals surface area contributed by atoms with Gasteiger partial charge in [-0.3, -0.25) is 4.99 Å². The Morgan fingerprint density at radius 1 is 1.03 bits per heavy atom. The van der Waals surface area contributed by atoms with E-state index in [0.717, 1.165) is 57.7 Å². The van der Waals surface area contributed by atoms with Gasteiger partial charge in [0.25, 0.3) is 0 Å². The second-order valence-electron chi connectivity index (χ2n) is 7.90. The molecule has 0 unspecified atom stereocenters. The van der Waals surface area contributed by atoms with Gasteiger partial charge in [0, 0.05) is 58.9 Å². The van der Waals surface area contributed by atoms with Gasteiger partial charge < -0.3 is 24.9 Å². The van der Waals surface area contributed by atoms with Crippen molar-refractivity contribution in [1.82, 2.24) is 20.0 Å². The van der Waals surface area contributed by atoms with Crippen LogP contribution < -0.4 is 10.2 Å². The molecule has 30 heavy (non-hydrogen) atoms. The monoisotopic (exact) mass is 536 g/mol. The molecule has 0 aromatic heterocycles. The molecule has 2 aliphatic heterocycles. The van der Waals surface area contributed by atoms with E-state index in [1.54, 1.807) is 7.05 Å². The summed E-state index contributed by atoms with van der Waals surface area (Å²) in [6, 6.07) is 3.63. The summed E-state index contributed by atoms with van der Waals surface area (Å²) < 4.78 is 27.5. The first kappa shape index (κ1) is 25.1. The zero-order valence-corrected chi connectivity index (χ0v) is 20.4. The van der Waals surface area contributed by atoms with E-state index in [1.807, 2.05) is 4.90 Å². The quantitative estimate of drug-likeness (QED) is 0.271. The first-order chi connectivity index (χ1) is 14.1. The molecule has 2 aliphatic rings. The Kier molecular flexibility index (Phi) is 10.5. The van der Waals surface area contributed by atoms with Crippen molar-refractivity contribution in [3.05, 3.63) is 29.8 Å². The first-order valence-corrected chi connectivity index (χ1v) is 10.6. The first-order valence-electron chi connectivity index (χ1n) is 10.6. The highest BCUT2D eigenvalue weighted by molar-refractivity contribution is 14.0. The summed E-state index contributed by atoms with van der Waals surface area (Å²) in [5.41, 5.74) is 0.343. The van der Waals surface area contributed by atoms with Crippen molar-refractivity contribution < 1.29 is 8.78 Å². The van der Waals surface area contributed by atoms with Crippen LogP contribution in [0.25, 0.3) is 0 Å². The van der Waals surface area contributed by atoms with Gasteiger partial charge in [0.15, 0.2) is 5.96 Å². The molecule has 0 amide bonds. The van der Waals surface area contributed by atoms with Crippen LogP contribution in [-0.4, -0.2) is 100 Å². The molecule has 2 fully saturated rings. The number of aliphatic imine (C=N–C) groups is 1. The third-order valence-electron chi connectivity index (χ3n) is 5.79. The highest BCUT2D eigenvalue weighted by Crippen LogP contribution is 2.21. The Hall–Kier alpha value is -1.20. The van der Waals surface area contributed by atoms with Crippen molar-refractivity contribution >= 4 is 35.6 Å². The number of nitrogens with one attached hydrogen (secondary N) is 1. The molecule has 0 spiro atoms. The maximum atomic E-state index is 14.0. The van der Waals surface area contributed by atoms with Gasteiger partial charge in [-0.25, -0.2) is 8.78 Å². The Labute approximate surface area is 196 Å². The number of piperazine rings is 1. The second-order valence-corrected chi connectivity index (χ2v) is 7.90. The minimum absolute atomic E-state index is 0. The Morgan fingerprint density at radius 2 is 1.80 bits per heavy atom. The molecule has 0 aliphatic carbocycles. The van der Waals surface area contributed by atoms with Crippen molar-refractivity contribution in [3.8, 4) is 0 Å². The lowest BCUT2D eigenvalue weighted by atomic mass is 10.2. The van der Waals surface area contributed by atoms with E-state index in [0.29, 0.717) is 18.8 Å². The molecule has 1 N–H and O–H groups in total. The zero-order valence-electron chi connectivity index (χ0n) is 18.1. The number of benzene rings is 1. The largest absolute Gasteiger partial charge is 0.366 e. The van der Waals surface area contributed by atoms with E-state index in [1.165, 1.54) is 31.6 Å². The van der Waals surface area contributed by atoms with Crippen LogP contribution in [0.1, 0.15) is 12.8 Å². The maximum absolute atomic E-state index is 14.0. The molecule has 0 bridgehead atoms. The number of anilines is 1. The van der Waals surface area contributed by atoms with Crippen LogP contribution in [0.3, 0.4) is 0 Å². The summed E-state index contributed by atoms with van der Waals surface area (Å²) in [5.74, 6) is 0.111. The number of hydrogen-bond acceptors (Lipinski definition) is 4. The number of likely N-dealkylation sites (N-methyl/N-ethyl adjacent to an activating group) is 1. The maximum Gasteiger partial charge on any atom is 0.193 e. The van der Waals surface area contributed by atoms with Crippen LogP contribution >= 0.6 is 24.0 Å². The topological polar surface area (TPSA) is 37.4 Å². The van der Waals surface area contributed by atoms with Gasteiger partial charge in [0.1, 0.15) is 11.6 Å². The molecule has 2 heterocycles. The standard InChI is InChI=1S/C21H34F2N6.HI/c1-24-21(25-7-3-9-27-10-4-8-26(2)11-12-27)29-15-13-28(14-16-29)20-17-18(22)5-6-19(20)23;/h5-6,17H,3-4,7-16H2,1-2H3,(H,24,25);1H. The lowest BCUT2D eigenvalue weighted by Crippen LogP contribution is -2.53. The molecule has 6 nitrogen and oxygen atoms in total. The fourth-order valence-electron chi connectivity index (χ4n) is 4.05. The van der Waals surface area contributed by atoms with E-state index in [9.17, 15) is 8.78 Å². The Balaban J connectivity index is 0.00000320. The van der Waals surface area contributed by atoms with Crippen molar-refractivity contribution in [2.75, 3.05) is 84.4 Å². The molecule has 2 saturated heterocycles.